The van der Waals surface area contributed by atoms with E-state index >= 15 is 0 Å². The Morgan fingerprint density at radius 3 is 2.62 bits per heavy atom. The fraction of sp³-hybridized carbons (Fsp3) is 0.125. The highest BCUT2D eigenvalue weighted by atomic mass is 35.5. The van der Waals surface area contributed by atoms with Crippen molar-refractivity contribution in [3.05, 3.63) is 39.6 Å². The number of pyridine rings is 1. The molecule has 0 unspecified atom stereocenters. The highest BCUT2D eigenvalue weighted by molar-refractivity contribution is 7.15. The Labute approximate surface area is 84.4 Å². The van der Waals surface area contributed by atoms with Crippen molar-refractivity contribution in [1.29, 1.82) is 0 Å². The molecule has 5 heteroatoms. The second-order valence-corrected chi connectivity index (χ2v) is 4.13. The van der Waals surface area contributed by atoms with Crippen LogP contribution in [0.15, 0.2) is 24.5 Å². The lowest BCUT2D eigenvalue weighted by atomic mass is 10.2. The Kier molecular flexibility index (Phi) is 2.52. The summed E-state index contributed by atoms with van der Waals surface area (Å²) in [5.41, 5.74) is 1.17. The van der Waals surface area contributed by atoms with Crippen LogP contribution in [-0.2, 0) is 6.42 Å². The fourth-order valence-electron chi connectivity index (χ4n) is 0.980. The molecule has 0 aliphatic carbocycles. The Bertz CT molecular complexity index is 387. The summed E-state index contributed by atoms with van der Waals surface area (Å²) in [6, 6.07) is 3.91. The van der Waals surface area contributed by atoms with E-state index in [1.165, 1.54) is 16.9 Å². The third-order valence-corrected chi connectivity index (χ3v) is 2.57. The molecule has 0 spiro atoms. The number of aromatic nitrogens is 3. The predicted octanol–water partition coefficient (Wildman–Crippen LogP) is 2.18. The first-order valence-corrected chi connectivity index (χ1v) is 4.91. The summed E-state index contributed by atoms with van der Waals surface area (Å²) in [6.07, 6.45) is 4.29. The van der Waals surface area contributed by atoms with Crippen molar-refractivity contribution in [2.75, 3.05) is 0 Å². The molecular weight excluding hydrogens is 206 g/mol. The van der Waals surface area contributed by atoms with Gasteiger partial charge in [-0.2, -0.15) is 0 Å². The molecule has 0 saturated heterocycles. The predicted molar refractivity (Wildman–Crippen MR) is 52.0 cm³/mol. The maximum Gasteiger partial charge on any atom is 0.207 e. The van der Waals surface area contributed by atoms with Crippen LogP contribution in [0.3, 0.4) is 0 Å². The van der Waals surface area contributed by atoms with Gasteiger partial charge in [0.2, 0.25) is 4.47 Å². The number of hydrogen-bond donors (Lipinski definition) is 0. The molecule has 0 radical (unpaired) electrons. The van der Waals surface area contributed by atoms with Crippen LogP contribution in [0, 0.1) is 0 Å². The van der Waals surface area contributed by atoms with Crippen molar-refractivity contribution in [2.45, 2.75) is 6.42 Å². The van der Waals surface area contributed by atoms with Gasteiger partial charge < -0.3 is 0 Å². The van der Waals surface area contributed by atoms with E-state index in [1.54, 1.807) is 12.4 Å². The molecule has 0 aliphatic heterocycles. The molecule has 2 rings (SSSR count). The van der Waals surface area contributed by atoms with Crippen LogP contribution >= 0.6 is 22.9 Å². The van der Waals surface area contributed by atoms with Gasteiger partial charge in [-0.15, -0.1) is 10.2 Å². The van der Waals surface area contributed by atoms with Gasteiger partial charge in [0.1, 0.15) is 5.01 Å². The first kappa shape index (κ1) is 8.59. The van der Waals surface area contributed by atoms with Gasteiger partial charge in [-0.25, -0.2) is 0 Å². The van der Waals surface area contributed by atoms with Crippen LogP contribution < -0.4 is 0 Å². The lowest BCUT2D eigenvalue weighted by Gasteiger charge is -1.93. The normalized spacial score (nSPS) is 10.2. The minimum absolute atomic E-state index is 0.490. The summed E-state index contributed by atoms with van der Waals surface area (Å²) in [6.45, 7) is 0. The molecule has 0 saturated carbocycles. The molecule has 0 N–H and O–H groups in total. The van der Waals surface area contributed by atoms with Crippen LogP contribution in [0.5, 0.6) is 0 Å². The van der Waals surface area contributed by atoms with E-state index in [1.807, 2.05) is 12.1 Å². The first-order valence-electron chi connectivity index (χ1n) is 3.71. The second kappa shape index (κ2) is 3.81. The second-order valence-electron chi connectivity index (χ2n) is 2.48. The standard InChI is InChI=1S/C8H6ClN3S/c9-8-12-11-7(13-8)5-6-1-3-10-4-2-6/h1-4H,5H2. The topological polar surface area (TPSA) is 38.7 Å². The van der Waals surface area contributed by atoms with Crippen molar-refractivity contribution in [3.63, 3.8) is 0 Å². The van der Waals surface area contributed by atoms with Gasteiger partial charge in [-0.05, 0) is 29.3 Å². The number of hydrogen-bond acceptors (Lipinski definition) is 4. The first-order chi connectivity index (χ1) is 6.34. The number of rotatable bonds is 2. The summed E-state index contributed by atoms with van der Waals surface area (Å²) in [4.78, 5) is 3.93. The average molecular weight is 212 g/mol. The quantitative estimate of drug-likeness (QED) is 0.764. The fourth-order valence-corrected chi connectivity index (χ4v) is 1.88. The molecule has 13 heavy (non-hydrogen) atoms. The Hall–Kier alpha value is -1.000. The molecule has 3 nitrogen and oxygen atoms in total. The van der Waals surface area contributed by atoms with Crippen molar-refractivity contribution < 1.29 is 0 Å². The average Bonchev–Trinajstić information content (AvgIpc) is 2.53. The summed E-state index contributed by atoms with van der Waals surface area (Å²) < 4.78 is 0.490. The molecule has 0 amide bonds. The summed E-state index contributed by atoms with van der Waals surface area (Å²) >= 11 is 7.06. The zero-order valence-corrected chi connectivity index (χ0v) is 8.22. The van der Waals surface area contributed by atoms with E-state index in [0.29, 0.717) is 4.47 Å². The van der Waals surface area contributed by atoms with Gasteiger partial charge in [-0.1, -0.05) is 11.3 Å². The Morgan fingerprint density at radius 1 is 1.23 bits per heavy atom. The van der Waals surface area contributed by atoms with Crippen molar-refractivity contribution in [3.8, 4) is 0 Å². The van der Waals surface area contributed by atoms with Gasteiger partial charge in [-0.3, -0.25) is 4.98 Å². The zero-order valence-electron chi connectivity index (χ0n) is 6.64. The molecule has 0 bridgehead atoms. The SMILES string of the molecule is Clc1nnc(Cc2ccncc2)s1. The summed E-state index contributed by atoms with van der Waals surface area (Å²) in [5.74, 6) is 0. The minimum atomic E-state index is 0.490. The largest absolute Gasteiger partial charge is 0.265 e. The molecule has 0 fully saturated rings. The van der Waals surface area contributed by atoms with Crippen LogP contribution in [-0.4, -0.2) is 15.2 Å². The van der Waals surface area contributed by atoms with Gasteiger partial charge in [0.25, 0.3) is 0 Å². The molecule has 0 atom stereocenters. The lowest BCUT2D eigenvalue weighted by Crippen LogP contribution is -1.86. The third-order valence-electron chi connectivity index (χ3n) is 1.55. The van der Waals surface area contributed by atoms with E-state index in [2.05, 4.69) is 15.2 Å². The van der Waals surface area contributed by atoms with E-state index in [0.717, 1.165) is 11.4 Å². The van der Waals surface area contributed by atoms with E-state index in [-0.39, 0.29) is 0 Å². The summed E-state index contributed by atoms with van der Waals surface area (Å²) in [5, 5.41) is 8.59. The third kappa shape index (κ3) is 2.23. The molecule has 66 valence electrons. The highest BCUT2D eigenvalue weighted by Gasteiger charge is 2.02. The molecule has 0 aromatic carbocycles. The molecule has 2 heterocycles. The van der Waals surface area contributed by atoms with Gasteiger partial charge in [0, 0.05) is 18.8 Å². The lowest BCUT2D eigenvalue weighted by molar-refractivity contribution is 1.00. The number of halogens is 1. The Balaban J connectivity index is 2.15. The van der Waals surface area contributed by atoms with Gasteiger partial charge >= 0.3 is 0 Å². The van der Waals surface area contributed by atoms with E-state index in [9.17, 15) is 0 Å². The highest BCUT2D eigenvalue weighted by Crippen LogP contribution is 2.17. The van der Waals surface area contributed by atoms with Crippen molar-refractivity contribution in [1.82, 2.24) is 15.2 Å². The molecule has 2 aromatic heterocycles. The summed E-state index contributed by atoms with van der Waals surface area (Å²) in [7, 11) is 0. The maximum atomic E-state index is 5.66. The Morgan fingerprint density at radius 2 is 2.00 bits per heavy atom. The van der Waals surface area contributed by atoms with Gasteiger partial charge in [0.15, 0.2) is 0 Å². The van der Waals surface area contributed by atoms with E-state index in [4.69, 9.17) is 11.6 Å². The van der Waals surface area contributed by atoms with Crippen LogP contribution in [0.25, 0.3) is 0 Å². The maximum absolute atomic E-state index is 5.66. The minimum Gasteiger partial charge on any atom is -0.265 e. The van der Waals surface area contributed by atoms with E-state index < -0.39 is 0 Å². The van der Waals surface area contributed by atoms with Gasteiger partial charge in [0.05, 0.1) is 0 Å². The number of nitrogens with zero attached hydrogens (tertiary/aromatic N) is 3. The molecular formula is C8H6ClN3S. The molecule has 2 aromatic rings. The zero-order chi connectivity index (χ0) is 9.10. The monoisotopic (exact) mass is 211 g/mol. The molecule has 0 aliphatic rings. The van der Waals surface area contributed by atoms with Crippen molar-refractivity contribution in [2.24, 2.45) is 0 Å². The smallest absolute Gasteiger partial charge is 0.207 e. The van der Waals surface area contributed by atoms with Crippen LogP contribution in [0.2, 0.25) is 4.47 Å². The van der Waals surface area contributed by atoms with Crippen LogP contribution in [0.1, 0.15) is 10.6 Å². The van der Waals surface area contributed by atoms with Crippen molar-refractivity contribution >= 4 is 22.9 Å². The van der Waals surface area contributed by atoms with Crippen LogP contribution in [0.4, 0.5) is 0 Å².